The lowest BCUT2D eigenvalue weighted by molar-refractivity contribution is -0.145. The van der Waals surface area contributed by atoms with Gasteiger partial charge in [-0.05, 0) is 18.4 Å². The molecule has 1 fully saturated rings. The average molecular weight is 305 g/mol. The number of thioether (sulfide) groups is 1. The lowest BCUT2D eigenvalue weighted by atomic mass is 9.82. The number of nitrogens with one attached hydrogen (secondary N) is 1. The van der Waals surface area contributed by atoms with Gasteiger partial charge in [-0.1, -0.05) is 24.3 Å². The van der Waals surface area contributed by atoms with Crippen molar-refractivity contribution in [2.45, 2.75) is 17.1 Å². The number of carbonyl (C=O) groups excluding carboxylic acids is 1. The monoisotopic (exact) mass is 305 g/mol. The number of rotatable bonds is 4. The summed E-state index contributed by atoms with van der Waals surface area (Å²) in [5.74, 6) is -2.81. The van der Waals surface area contributed by atoms with E-state index in [4.69, 9.17) is 4.74 Å². The van der Waals surface area contributed by atoms with E-state index in [-0.39, 0.29) is 5.91 Å². The molecule has 4 atom stereocenters. The second-order valence-corrected chi connectivity index (χ2v) is 5.88. The summed E-state index contributed by atoms with van der Waals surface area (Å²) < 4.78 is 5.52. The SMILES string of the molecule is CSc1ccccc1NC(=O)[C@H]1[C@H](C(=O)O)[C@H]2C=C[C@H]1O2. The zero-order valence-electron chi connectivity index (χ0n) is 11.4. The first-order chi connectivity index (χ1) is 10.1. The quantitative estimate of drug-likeness (QED) is 0.657. The molecule has 21 heavy (non-hydrogen) atoms. The highest BCUT2D eigenvalue weighted by Gasteiger charge is 2.53. The molecule has 110 valence electrons. The first kappa shape index (κ1) is 14.2. The molecule has 0 unspecified atom stereocenters. The molecule has 6 heteroatoms. The van der Waals surface area contributed by atoms with Crippen molar-refractivity contribution in [1.29, 1.82) is 0 Å². The molecular formula is C15H15NO4S. The van der Waals surface area contributed by atoms with Gasteiger partial charge in [0.1, 0.15) is 5.92 Å². The first-order valence-corrected chi connectivity index (χ1v) is 7.85. The van der Waals surface area contributed by atoms with Gasteiger partial charge in [-0.3, -0.25) is 9.59 Å². The van der Waals surface area contributed by atoms with E-state index < -0.39 is 30.0 Å². The predicted octanol–water partition coefficient (Wildman–Crippen LogP) is 2.00. The number of benzene rings is 1. The molecule has 5 nitrogen and oxygen atoms in total. The van der Waals surface area contributed by atoms with Gasteiger partial charge in [0.2, 0.25) is 5.91 Å². The Kier molecular flexibility index (Phi) is 3.73. The van der Waals surface area contributed by atoms with E-state index in [0.717, 1.165) is 4.90 Å². The zero-order chi connectivity index (χ0) is 15.0. The van der Waals surface area contributed by atoms with Crippen molar-refractivity contribution in [1.82, 2.24) is 0 Å². The minimum Gasteiger partial charge on any atom is -0.481 e. The van der Waals surface area contributed by atoms with Gasteiger partial charge in [0.25, 0.3) is 0 Å². The van der Waals surface area contributed by atoms with Crippen molar-refractivity contribution in [3.63, 3.8) is 0 Å². The Morgan fingerprint density at radius 1 is 1.19 bits per heavy atom. The van der Waals surface area contributed by atoms with Gasteiger partial charge in [0, 0.05) is 4.90 Å². The van der Waals surface area contributed by atoms with Crippen LogP contribution in [0.5, 0.6) is 0 Å². The summed E-state index contributed by atoms with van der Waals surface area (Å²) >= 11 is 1.53. The fourth-order valence-electron chi connectivity index (χ4n) is 2.88. The van der Waals surface area contributed by atoms with Crippen LogP contribution in [-0.4, -0.2) is 35.4 Å². The maximum Gasteiger partial charge on any atom is 0.310 e. The van der Waals surface area contributed by atoms with E-state index in [0.29, 0.717) is 5.69 Å². The van der Waals surface area contributed by atoms with E-state index in [1.807, 2.05) is 30.5 Å². The number of para-hydroxylation sites is 1. The second-order valence-electron chi connectivity index (χ2n) is 5.03. The van der Waals surface area contributed by atoms with Crippen LogP contribution in [-0.2, 0) is 14.3 Å². The Labute approximate surface area is 126 Å². The molecule has 2 bridgehead atoms. The summed E-state index contributed by atoms with van der Waals surface area (Å²) in [6, 6.07) is 7.45. The second kappa shape index (κ2) is 5.54. The summed E-state index contributed by atoms with van der Waals surface area (Å²) in [7, 11) is 0. The molecule has 1 saturated heterocycles. The van der Waals surface area contributed by atoms with Crippen LogP contribution in [0.4, 0.5) is 5.69 Å². The summed E-state index contributed by atoms with van der Waals surface area (Å²) in [5, 5.41) is 12.2. The fourth-order valence-corrected chi connectivity index (χ4v) is 3.43. The van der Waals surface area contributed by atoms with Crippen molar-refractivity contribution in [2.24, 2.45) is 11.8 Å². The van der Waals surface area contributed by atoms with Gasteiger partial charge >= 0.3 is 5.97 Å². The number of ether oxygens (including phenoxy) is 1. The maximum atomic E-state index is 12.5. The molecule has 0 aromatic heterocycles. The molecule has 3 rings (SSSR count). The van der Waals surface area contributed by atoms with Crippen LogP contribution in [0.2, 0.25) is 0 Å². The predicted molar refractivity (Wildman–Crippen MR) is 79.3 cm³/mol. The molecule has 2 heterocycles. The van der Waals surface area contributed by atoms with Gasteiger partial charge in [0.15, 0.2) is 0 Å². The number of carboxylic acids is 1. The maximum absolute atomic E-state index is 12.5. The van der Waals surface area contributed by atoms with Crippen molar-refractivity contribution in [3.05, 3.63) is 36.4 Å². The first-order valence-electron chi connectivity index (χ1n) is 6.62. The van der Waals surface area contributed by atoms with Crippen molar-refractivity contribution >= 4 is 29.3 Å². The number of hydrogen-bond donors (Lipinski definition) is 2. The number of fused-ring (bicyclic) bond motifs is 2. The molecule has 2 aliphatic rings. The number of amides is 1. The van der Waals surface area contributed by atoms with Crippen LogP contribution in [0.3, 0.4) is 0 Å². The lowest BCUT2D eigenvalue weighted by Crippen LogP contribution is -2.39. The molecule has 1 amide bonds. The molecule has 1 aromatic rings. The van der Waals surface area contributed by atoms with Crippen LogP contribution in [0.15, 0.2) is 41.3 Å². The minimum absolute atomic E-state index is 0.305. The van der Waals surface area contributed by atoms with Gasteiger partial charge in [0.05, 0.1) is 23.8 Å². The molecule has 0 aliphatic carbocycles. The van der Waals surface area contributed by atoms with Crippen molar-refractivity contribution in [2.75, 3.05) is 11.6 Å². The molecule has 0 radical (unpaired) electrons. The average Bonchev–Trinajstić information content (AvgIpc) is 3.08. The Bertz CT molecular complexity index is 615. The van der Waals surface area contributed by atoms with Crippen molar-refractivity contribution in [3.8, 4) is 0 Å². The lowest BCUT2D eigenvalue weighted by Gasteiger charge is -2.21. The number of anilines is 1. The van der Waals surface area contributed by atoms with Crippen LogP contribution < -0.4 is 5.32 Å². The highest BCUT2D eigenvalue weighted by molar-refractivity contribution is 7.98. The molecule has 2 aliphatic heterocycles. The van der Waals surface area contributed by atoms with E-state index >= 15 is 0 Å². The number of carboxylic acid groups (broad SMARTS) is 1. The molecule has 2 N–H and O–H groups in total. The Balaban J connectivity index is 1.82. The zero-order valence-corrected chi connectivity index (χ0v) is 12.2. The van der Waals surface area contributed by atoms with Crippen LogP contribution >= 0.6 is 11.8 Å². The van der Waals surface area contributed by atoms with Gasteiger partial charge < -0.3 is 15.2 Å². The Morgan fingerprint density at radius 3 is 2.52 bits per heavy atom. The van der Waals surface area contributed by atoms with Gasteiger partial charge in [-0.15, -0.1) is 11.8 Å². The summed E-state index contributed by atoms with van der Waals surface area (Å²) in [6.45, 7) is 0. The van der Waals surface area contributed by atoms with E-state index in [1.165, 1.54) is 11.8 Å². The molecule has 1 aromatic carbocycles. The normalized spacial score (nSPS) is 29.6. The number of carbonyl (C=O) groups is 2. The molecular weight excluding hydrogens is 290 g/mol. The Hall–Kier alpha value is -1.79. The van der Waals surface area contributed by atoms with Gasteiger partial charge in [-0.25, -0.2) is 0 Å². The smallest absolute Gasteiger partial charge is 0.310 e. The van der Waals surface area contributed by atoms with Crippen LogP contribution in [0.1, 0.15) is 0 Å². The van der Waals surface area contributed by atoms with E-state index in [2.05, 4.69) is 5.32 Å². The number of hydrogen-bond acceptors (Lipinski definition) is 4. The topological polar surface area (TPSA) is 75.6 Å². The van der Waals surface area contributed by atoms with Crippen molar-refractivity contribution < 1.29 is 19.4 Å². The van der Waals surface area contributed by atoms with E-state index in [1.54, 1.807) is 12.2 Å². The number of aliphatic carboxylic acids is 1. The van der Waals surface area contributed by atoms with Crippen LogP contribution in [0.25, 0.3) is 0 Å². The largest absolute Gasteiger partial charge is 0.481 e. The highest BCUT2D eigenvalue weighted by atomic mass is 32.2. The Morgan fingerprint density at radius 2 is 1.86 bits per heavy atom. The molecule has 0 saturated carbocycles. The van der Waals surface area contributed by atoms with Gasteiger partial charge in [-0.2, -0.15) is 0 Å². The third kappa shape index (κ3) is 2.45. The summed E-state index contributed by atoms with van der Waals surface area (Å²) in [4.78, 5) is 24.8. The highest BCUT2D eigenvalue weighted by Crippen LogP contribution is 2.40. The summed E-state index contributed by atoms with van der Waals surface area (Å²) in [6.07, 6.45) is 4.48. The minimum atomic E-state index is -0.995. The standard InChI is InChI=1S/C15H15NO4S/c1-21-11-5-3-2-4-8(11)16-14(17)12-9-6-7-10(20-9)13(12)15(18)19/h2-7,9-10,12-13H,1H3,(H,16,17)(H,18,19)/t9-,10-,12-,13-/m1/s1. The van der Waals surface area contributed by atoms with E-state index in [9.17, 15) is 14.7 Å². The summed E-state index contributed by atoms with van der Waals surface area (Å²) in [5.41, 5.74) is 0.700. The third-order valence-electron chi connectivity index (χ3n) is 3.85. The fraction of sp³-hybridized carbons (Fsp3) is 0.333. The molecule has 0 spiro atoms. The third-order valence-corrected chi connectivity index (χ3v) is 4.65. The van der Waals surface area contributed by atoms with Crippen LogP contribution in [0, 0.1) is 11.8 Å².